The van der Waals surface area contributed by atoms with Crippen LogP contribution in [0.25, 0.3) is 11.1 Å². The van der Waals surface area contributed by atoms with E-state index in [1.165, 1.54) is 5.56 Å². The fourth-order valence-corrected chi connectivity index (χ4v) is 7.58. The van der Waals surface area contributed by atoms with Crippen LogP contribution in [0.15, 0.2) is 83.8 Å². The number of benzene rings is 3. The van der Waals surface area contributed by atoms with Crippen molar-refractivity contribution in [3.63, 3.8) is 0 Å². The van der Waals surface area contributed by atoms with E-state index in [9.17, 15) is 8.42 Å². The molecule has 2 aliphatic heterocycles. The van der Waals surface area contributed by atoms with Crippen molar-refractivity contribution in [3.8, 4) is 11.1 Å². The Morgan fingerprint density at radius 2 is 1.68 bits per heavy atom. The Morgan fingerprint density at radius 3 is 2.41 bits per heavy atom. The first-order valence-electron chi connectivity index (χ1n) is 12.6. The lowest BCUT2D eigenvalue weighted by Gasteiger charge is -2.56. The summed E-state index contributed by atoms with van der Waals surface area (Å²) in [4.78, 5) is 2.75. The molecule has 2 heterocycles. The molecule has 0 bridgehead atoms. The SMILES string of the molecule is COC[C@@H]1[C@@H](c2ccc(-c3cccc(Cl)c3C)cc2)C2CN(S(=O)(=O)c3ccccc3C)C/C=C\CN21. The van der Waals surface area contributed by atoms with Gasteiger partial charge in [-0.3, -0.25) is 4.90 Å². The summed E-state index contributed by atoms with van der Waals surface area (Å²) < 4.78 is 34.6. The van der Waals surface area contributed by atoms with E-state index in [1.807, 2.05) is 44.2 Å². The summed E-state index contributed by atoms with van der Waals surface area (Å²) in [6.45, 7) is 6.07. The fraction of sp³-hybridized carbons (Fsp3) is 0.333. The predicted molar refractivity (Wildman–Crippen MR) is 150 cm³/mol. The van der Waals surface area contributed by atoms with E-state index in [-0.39, 0.29) is 18.0 Å². The van der Waals surface area contributed by atoms with Crippen LogP contribution in [0.1, 0.15) is 22.6 Å². The number of aryl methyl sites for hydroxylation is 1. The zero-order valence-corrected chi connectivity index (χ0v) is 23.0. The van der Waals surface area contributed by atoms with E-state index in [0.29, 0.717) is 24.6 Å². The quantitative estimate of drug-likeness (QED) is 0.381. The van der Waals surface area contributed by atoms with Crippen LogP contribution in [-0.2, 0) is 14.8 Å². The third-order valence-electron chi connectivity index (χ3n) is 7.79. The van der Waals surface area contributed by atoms with Gasteiger partial charge in [-0.1, -0.05) is 78.4 Å². The predicted octanol–water partition coefficient (Wildman–Crippen LogP) is 5.67. The first-order chi connectivity index (χ1) is 17.8. The van der Waals surface area contributed by atoms with Gasteiger partial charge in [-0.25, -0.2) is 8.42 Å². The lowest BCUT2D eigenvalue weighted by Crippen LogP contribution is -2.67. The summed E-state index contributed by atoms with van der Waals surface area (Å²) >= 11 is 6.36. The van der Waals surface area contributed by atoms with Gasteiger partial charge in [0, 0.05) is 49.8 Å². The maximum Gasteiger partial charge on any atom is 0.243 e. The highest BCUT2D eigenvalue weighted by molar-refractivity contribution is 7.89. The van der Waals surface area contributed by atoms with E-state index < -0.39 is 10.0 Å². The van der Waals surface area contributed by atoms with Crippen molar-refractivity contribution in [1.82, 2.24) is 9.21 Å². The van der Waals surface area contributed by atoms with Gasteiger partial charge in [0.2, 0.25) is 10.0 Å². The molecule has 5 rings (SSSR count). The van der Waals surface area contributed by atoms with Crippen LogP contribution in [0.3, 0.4) is 0 Å². The third-order valence-corrected chi connectivity index (χ3v) is 10.2. The van der Waals surface area contributed by atoms with Gasteiger partial charge in [0.25, 0.3) is 0 Å². The van der Waals surface area contributed by atoms with E-state index in [0.717, 1.165) is 33.8 Å². The molecule has 0 amide bonds. The molecule has 1 fully saturated rings. The Morgan fingerprint density at radius 1 is 0.946 bits per heavy atom. The normalized spacial score (nSPS) is 23.5. The molecule has 3 atom stereocenters. The zero-order chi connectivity index (χ0) is 26.2. The van der Waals surface area contributed by atoms with Crippen molar-refractivity contribution in [1.29, 1.82) is 0 Å². The van der Waals surface area contributed by atoms with Crippen molar-refractivity contribution in [2.45, 2.75) is 36.7 Å². The molecule has 0 N–H and O–H groups in total. The number of ether oxygens (including phenoxy) is 1. The molecule has 3 aromatic carbocycles. The number of hydrogen-bond acceptors (Lipinski definition) is 4. The molecule has 0 spiro atoms. The van der Waals surface area contributed by atoms with Crippen molar-refractivity contribution in [2.24, 2.45) is 0 Å². The lowest BCUT2D eigenvalue weighted by atomic mass is 9.74. The standard InChI is InChI=1S/C30H33ClN2O3S/c1-21-9-4-5-12-29(21)37(34,35)32-17-6-7-18-33-27(19-32)30(28(33)20-36-3)24-15-13-23(14-16-24)25-10-8-11-26(31)22(25)2/h4-16,27-28,30H,17-20H2,1-3H3/b7-6-/t27?,28-,30+/m1/s1. The summed E-state index contributed by atoms with van der Waals surface area (Å²) in [6.07, 6.45) is 4.04. The Labute approximate surface area is 225 Å². The van der Waals surface area contributed by atoms with Crippen LogP contribution >= 0.6 is 11.6 Å². The molecule has 37 heavy (non-hydrogen) atoms. The van der Waals surface area contributed by atoms with Gasteiger partial charge in [-0.2, -0.15) is 4.31 Å². The van der Waals surface area contributed by atoms with Crippen LogP contribution in [0.4, 0.5) is 0 Å². The van der Waals surface area contributed by atoms with Gasteiger partial charge in [-0.15, -0.1) is 0 Å². The maximum absolute atomic E-state index is 13.7. The molecule has 0 radical (unpaired) electrons. The number of halogens is 1. The Kier molecular flexibility index (Phi) is 7.57. The number of nitrogens with zero attached hydrogens (tertiary/aromatic N) is 2. The van der Waals surface area contributed by atoms with Crippen molar-refractivity contribution in [3.05, 3.63) is 101 Å². The molecule has 5 nitrogen and oxygen atoms in total. The molecule has 7 heteroatoms. The van der Waals surface area contributed by atoms with Gasteiger partial charge in [-0.05, 0) is 53.8 Å². The summed E-state index contributed by atoms with van der Waals surface area (Å²) in [5, 5.41) is 0.758. The van der Waals surface area contributed by atoms with Crippen molar-refractivity contribution in [2.75, 3.05) is 33.4 Å². The van der Waals surface area contributed by atoms with Gasteiger partial charge < -0.3 is 4.74 Å². The summed E-state index contributed by atoms with van der Waals surface area (Å²) in [6, 6.07) is 22.1. The molecule has 0 saturated carbocycles. The second-order valence-electron chi connectivity index (χ2n) is 9.91. The van der Waals surface area contributed by atoms with E-state index in [2.05, 4.69) is 41.3 Å². The molecule has 3 aromatic rings. The van der Waals surface area contributed by atoms with E-state index in [1.54, 1.807) is 23.5 Å². The van der Waals surface area contributed by atoms with Crippen LogP contribution in [0, 0.1) is 13.8 Å². The molecule has 2 aliphatic rings. The Bertz CT molecular complexity index is 1400. The highest BCUT2D eigenvalue weighted by Gasteiger charge is 2.50. The molecule has 0 aromatic heterocycles. The summed E-state index contributed by atoms with van der Waals surface area (Å²) in [7, 11) is -1.90. The second kappa shape index (κ2) is 10.7. The minimum atomic E-state index is -3.63. The van der Waals surface area contributed by atoms with Gasteiger partial charge in [0.1, 0.15) is 0 Å². The molecule has 0 aliphatic carbocycles. The van der Waals surface area contributed by atoms with Gasteiger partial charge >= 0.3 is 0 Å². The van der Waals surface area contributed by atoms with E-state index in [4.69, 9.17) is 16.3 Å². The topological polar surface area (TPSA) is 49.9 Å². The second-order valence-corrected chi connectivity index (χ2v) is 12.2. The first-order valence-corrected chi connectivity index (χ1v) is 14.5. The van der Waals surface area contributed by atoms with Gasteiger partial charge in [0.05, 0.1) is 11.5 Å². The smallest absolute Gasteiger partial charge is 0.243 e. The van der Waals surface area contributed by atoms with Crippen molar-refractivity contribution >= 4 is 21.6 Å². The van der Waals surface area contributed by atoms with Crippen LogP contribution in [0.5, 0.6) is 0 Å². The van der Waals surface area contributed by atoms with E-state index >= 15 is 0 Å². The van der Waals surface area contributed by atoms with Crippen molar-refractivity contribution < 1.29 is 13.2 Å². The molecule has 1 saturated heterocycles. The lowest BCUT2D eigenvalue weighted by molar-refractivity contribution is -0.0508. The number of rotatable bonds is 6. The zero-order valence-electron chi connectivity index (χ0n) is 21.5. The van der Waals surface area contributed by atoms with Crippen LogP contribution in [0.2, 0.25) is 5.02 Å². The first kappa shape index (κ1) is 26.1. The highest BCUT2D eigenvalue weighted by atomic mass is 35.5. The minimum absolute atomic E-state index is 0.0580. The average molecular weight is 537 g/mol. The summed E-state index contributed by atoms with van der Waals surface area (Å²) in [5.41, 5.74) is 5.26. The number of fused-ring (bicyclic) bond motifs is 1. The number of sulfonamides is 1. The highest BCUT2D eigenvalue weighted by Crippen LogP contribution is 2.43. The molecule has 194 valence electrons. The summed E-state index contributed by atoms with van der Waals surface area (Å²) in [5.74, 6) is 0.163. The average Bonchev–Trinajstić information content (AvgIpc) is 2.87. The third kappa shape index (κ3) is 4.89. The molecule has 1 unspecified atom stereocenters. The number of hydrogen-bond donors (Lipinski definition) is 0. The van der Waals surface area contributed by atoms with Crippen LogP contribution in [-0.4, -0.2) is 63.1 Å². The molecular formula is C30H33ClN2O3S. The Balaban J connectivity index is 1.47. The Hall–Kier alpha value is -2.48. The number of methoxy groups -OCH3 is 1. The largest absolute Gasteiger partial charge is 0.383 e. The fourth-order valence-electron chi connectivity index (χ4n) is 5.77. The maximum atomic E-state index is 13.7. The monoisotopic (exact) mass is 536 g/mol. The molecular weight excluding hydrogens is 504 g/mol. The van der Waals surface area contributed by atoms with Crippen LogP contribution < -0.4 is 0 Å². The minimum Gasteiger partial charge on any atom is -0.383 e. The van der Waals surface area contributed by atoms with Gasteiger partial charge in [0.15, 0.2) is 0 Å².